The Morgan fingerprint density at radius 3 is 1.89 bits per heavy atom. The van der Waals surface area contributed by atoms with Gasteiger partial charge in [0.25, 0.3) is 0 Å². The van der Waals surface area contributed by atoms with Crippen LogP contribution in [0.15, 0.2) is 78.9 Å². The van der Waals surface area contributed by atoms with Crippen molar-refractivity contribution >= 4 is 5.97 Å². The summed E-state index contributed by atoms with van der Waals surface area (Å²) in [6.07, 6.45) is 2.03. The van der Waals surface area contributed by atoms with Crippen LogP contribution in [0, 0.1) is 0 Å². The Morgan fingerprint density at radius 2 is 1.37 bits per heavy atom. The van der Waals surface area contributed by atoms with Gasteiger partial charge >= 0.3 is 5.97 Å². The summed E-state index contributed by atoms with van der Waals surface area (Å²) in [5.41, 5.74) is 3.67. The highest BCUT2D eigenvalue weighted by Gasteiger charge is 2.35. The molecule has 3 rings (SSSR count). The summed E-state index contributed by atoms with van der Waals surface area (Å²) in [5.74, 6) is 1.29. The molecule has 0 aliphatic carbocycles. The summed E-state index contributed by atoms with van der Waals surface area (Å²) in [6, 6.07) is 27.1. The van der Waals surface area contributed by atoms with E-state index in [2.05, 4.69) is 61.6 Å². The number of methoxy groups -OCH3 is 2. The van der Waals surface area contributed by atoms with Crippen molar-refractivity contribution < 1.29 is 23.5 Å². The lowest BCUT2D eigenvalue weighted by molar-refractivity contribution is -0.958. The molecule has 0 heterocycles. The molecule has 3 aromatic rings. The van der Waals surface area contributed by atoms with E-state index in [9.17, 15) is 4.79 Å². The molecular weight excluding hydrogens is 438 g/mol. The van der Waals surface area contributed by atoms with E-state index >= 15 is 0 Å². The highest BCUT2D eigenvalue weighted by molar-refractivity contribution is 5.69. The highest BCUT2D eigenvalue weighted by atomic mass is 16.5. The molecule has 0 saturated heterocycles. The second kappa shape index (κ2) is 13.0. The van der Waals surface area contributed by atoms with Gasteiger partial charge in [-0.25, -0.2) is 0 Å². The standard InChI is InChI=1S/C30H38NO4/c1-5-35-30(32)21-27(18-16-24-17-19-28(33-3)29(20-24)34-4)31(2,22-25-12-8-6-9-13-25)23-26-14-10-7-11-15-26/h6-15,17,19-20,27H,5,16,18,21-23H2,1-4H3/q+1/t27-/m1/s1. The zero-order chi connectivity index (χ0) is 25.1. The number of hydrogen-bond acceptors (Lipinski definition) is 4. The molecule has 0 amide bonds. The number of hydrogen-bond donors (Lipinski definition) is 0. The first-order valence-electron chi connectivity index (χ1n) is 12.3. The van der Waals surface area contributed by atoms with Crippen molar-refractivity contribution in [2.24, 2.45) is 0 Å². The smallest absolute Gasteiger partial charge is 0.311 e. The van der Waals surface area contributed by atoms with Gasteiger partial charge in [0.05, 0.1) is 34.3 Å². The van der Waals surface area contributed by atoms with Crippen LogP contribution in [-0.4, -0.2) is 44.4 Å². The topological polar surface area (TPSA) is 44.8 Å². The maximum atomic E-state index is 12.7. The van der Waals surface area contributed by atoms with E-state index in [1.54, 1.807) is 14.2 Å². The molecule has 0 aromatic heterocycles. The van der Waals surface area contributed by atoms with Crippen molar-refractivity contribution in [2.45, 2.75) is 45.3 Å². The van der Waals surface area contributed by atoms with Crippen molar-refractivity contribution in [2.75, 3.05) is 27.9 Å². The lowest BCUT2D eigenvalue weighted by atomic mass is 9.97. The first-order chi connectivity index (χ1) is 17.0. The summed E-state index contributed by atoms with van der Waals surface area (Å²) >= 11 is 0. The first kappa shape index (κ1) is 26.3. The molecule has 0 spiro atoms. The van der Waals surface area contributed by atoms with Crippen LogP contribution in [0.2, 0.25) is 0 Å². The summed E-state index contributed by atoms with van der Waals surface area (Å²) in [5, 5.41) is 0. The zero-order valence-corrected chi connectivity index (χ0v) is 21.4. The average molecular weight is 477 g/mol. The second-order valence-electron chi connectivity index (χ2n) is 9.16. The lowest BCUT2D eigenvalue weighted by Gasteiger charge is -2.42. The third-order valence-electron chi connectivity index (χ3n) is 6.58. The number of carbonyl (C=O) groups is 1. The van der Waals surface area contributed by atoms with Crippen molar-refractivity contribution in [3.8, 4) is 11.5 Å². The Morgan fingerprint density at radius 1 is 0.800 bits per heavy atom. The van der Waals surface area contributed by atoms with Crippen LogP contribution in [0.25, 0.3) is 0 Å². The van der Waals surface area contributed by atoms with Crippen molar-refractivity contribution in [1.29, 1.82) is 0 Å². The molecule has 35 heavy (non-hydrogen) atoms. The van der Waals surface area contributed by atoms with Gasteiger partial charge in [-0.2, -0.15) is 0 Å². The van der Waals surface area contributed by atoms with Crippen LogP contribution in [0.4, 0.5) is 0 Å². The highest BCUT2D eigenvalue weighted by Crippen LogP contribution is 2.30. The fraction of sp³-hybridized carbons (Fsp3) is 0.367. The number of esters is 1. The number of ether oxygens (including phenoxy) is 3. The molecule has 1 atom stereocenters. The molecule has 0 fully saturated rings. The van der Waals surface area contributed by atoms with E-state index in [1.807, 2.05) is 31.2 Å². The minimum absolute atomic E-state index is 0.0718. The minimum atomic E-state index is -0.143. The average Bonchev–Trinajstić information content (AvgIpc) is 2.87. The number of benzene rings is 3. The summed E-state index contributed by atoms with van der Waals surface area (Å²) in [6.45, 7) is 3.90. The molecule has 186 valence electrons. The van der Waals surface area contributed by atoms with Gasteiger partial charge in [0, 0.05) is 17.5 Å². The molecule has 0 N–H and O–H groups in total. The maximum absolute atomic E-state index is 12.7. The van der Waals surface area contributed by atoms with Gasteiger partial charge in [-0.1, -0.05) is 66.7 Å². The first-order valence-corrected chi connectivity index (χ1v) is 12.3. The van der Waals surface area contributed by atoms with Gasteiger partial charge in [0.1, 0.15) is 19.1 Å². The molecule has 0 aliphatic rings. The zero-order valence-electron chi connectivity index (χ0n) is 21.4. The SMILES string of the molecule is CCOC(=O)C[C@@H](CCc1ccc(OC)c(OC)c1)[N+](C)(Cc1ccccc1)Cc1ccccc1. The molecule has 0 saturated carbocycles. The largest absolute Gasteiger partial charge is 0.493 e. The number of nitrogens with zero attached hydrogens (tertiary/aromatic N) is 1. The molecule has 3 aromatic carbocycles. The van der Waals surface area contributed by atoms with E-state index in [1.165, 1.54) is 11.1 Å². The summed E-state index contributed by atoms with van der Waals surface area (Å²) in [4.78, 5) is 12.7. The van der Waals surface area contributed by atoms with E-state index in [-0.39, 0.29) is 12.0 Å². The van der Waals surface area contributed by atoms with Crippen LogP contribution in [-0.2, 0) is 29.0 Å². The van der Waals surface area contributed by atoms with Crippen molar-refractivity contribution in [3.63, 3.8) is 0 Å². The summed E-state index contributed by atoms with van der Waals surface area (Å²) < 4.78 is 17.0. The van der Waals surface area contributed by atoms with Gasteiger partial charge in [-0.05, 0) is 31.0 Å². The third-order valence-corrected chi connectivity index (χ3v) is 6.58. The molecular formula is C30H38NO4+. The molecule has 0 unspecified atom stereocenters. The maximum Gasteiger partial charge on any atom is 0.311 e. The van der Waals surface area contributed by atoms with E-state index in [0.717, 1.165) is 37.2 Å². The van der Waals surface area contributed by atoms with Gasteiger partial charge in [-0.3, -0.25) is 4.79 Å². The van der Waals surface area contributed by atoms with Gasteiger partial charge in [0.2, 0.25) is 0 Å². The predicted octanol–water partition coefficient (Wildman–Crippen LogP) is 5.81. The fourth-order valence-corrected chi connectivity index (χ4v) is 4.73. The van der Waals surface area contributed by atoms with Crippen LogP contribution < -0.4 is 9.47 Å². The normalized spacial score (nSPS) is 12.1. The predicted molar refractivity (Wildman–Crippen MR) is 139 cm³/mol. The van der Waals surface area contributed by atoms with Gasteiger partial charge in [0.15, 0.2) is 11.5 Å². The molecule has 5 nitrogen and oxygen atoms in total. The van der Waals surface area contributed by atoms with Gasteiger partial charge < -0.3 is 18.7 Å². The molecule has 0 radical (unpaired) electrons. The molecule has 0 bridgehead atoms. The van der Waals surface area contributed by atoms with Crippen LogP contribution in [0.1, 0.15) is 36.5 Å². The van der Waals surface area contributed by atoms with Crippen LogP contribution in [0.5, 0.6) is 11.5 Å². The van der Waals surface area contributed by atoms with E-state index in [0.29, 0.717) is 23.3 Å². The Kier molecular flexibility index (Phi) is 9.74. The van der Waals surface area contributed by atoms with E-state index < -0.39 is 0 Å². The number of rotatable bonds is 13. The second-order valence-corrected chi connectivity index (χ2v) is 9.16. The third kappa shape index (κ3) is 7.59. The van der Waals surface area contributed by atoms with Crippen LogP contribution >= 0.6 is 0 Å². The Balaban J connectivity index is 1.91. The monoisotopic (exact) mass is 476 g/mol. The number of aryl methyl sites for hydroxylation is 1. The van der Waals surface area contributed by atoms with Crippen molar-refractivity contribution in [3.05, 3.63) is 95.6 Å². The lowest BCUT2D eigenvalue weighted by Crippen LogP contribution is -2.52. The number of quaternary nitrogens is 1. The quantitative estimate of drug-likeness (QED) is 0.231. The van der Waals surface area contributed by atoms with Crippen molar-refractivity contribution in [1.82, 2.24) is 0 Å². The van der Waals surface area contributed by atoms with Crippen LogP contribution in [0.3, 0.4) is 0 Å². The number of carbonyl (C=O) groups excluding carboxylic acids is 1. The fourth-order valence-electron chi connectivity index (χ4n) is 4.73. The van der Waals surface area contributed by atoms with E-state index in [4.69, 9.17) is 14.2 Å². The Hall–Kier alpha value is -3.31. The molecule has 0 aliphatic heterocycles. The summed E-state index contributed by atoms with van der Waals surface area (Å²) in [7, 11) is 5.56. The Labute approximate surface area is 209 Å². The minimum Gasteiger partial charge on any atom is -0.493 e. The van der Waals surface area contributed by atoms with Gasteiger partial charge in [-0.15, -0.1) is 0 Å². The molecule has 5 heteroatoms. The Bertz CT molecular complexity index is 1010.